The Hall–Kier alpha value is -1.07. The van der Waals surface area contributed by atoms with E-state index < -0.39 is 0 Å². The molecule has 0 atom stereocenters. The van der Waals surface area contributed by atoms with E-state index in [4.69, 9.17) is 4.74 Å². The normalized spacial score (nSPS) is 10.7. The van der Waals surface area contributed by atoms with Crippen LogP contribution in [-0.4, -0.2) is 30.5 Å². The molecule has 2 aromatic rings. The maximum atomic E-state index is 12.0. The van der Waals surface area contributed by atoms with Gasteiger partial charge in [-0.05, 0) is 58.7 Å². The summed E-state index contributed by atoms with van der Waals surface area (Å²) in [5.41, 5.74) is 0. The third-order valence-corrected chi connectivity index (χ3v) is 4.66. The summed E-state index contributed by atoms with van der Waals surface area (Å²) in [5, 5.41) is 2.17. The number of hydrogen-bond acceptors (Lipinski definition) is 2. The summed E-state index contributed by atoms with van der Waals surface area (Å²) >= 11 is 7.02. The highest BCUT2D eigenvalue weighted by Gasteiger charge is 2.12. The van der Waals surface area contributed by atoms with Gasteiger partial charge in [-0.25, -0.2) is 0 Å². The fraction of sp³-hybridized carbons (Fsp3) is 0.312. The molecule has 0 spiro atoms. The van der Waals surface area contributed by atoms with Gasteiger partial charge in [0.2, 0.25) is 0 Å². The zero-order valence-electron chi connectivity index (χ0n) is 12.0. The number of hydrogen-bond donors (Lipinski definition) is 0. The van der Waals surface area contributed by atoms with Crippen LogP contribution in [0.4, 0.5) is 0 Å². The van der Waals surface area contributed by atoms with Gasteiger partial charge in [0.25, 0.3) is 5.91 Å². The number of carbonyl (C=O) groups excluding carboxylic acids is 1. The minimum Gasteiger partial charge on any atom is -0.483 e. The van der Waals surface area contributed by atoms with Crippen molar-refractivity contribution in [1.29, 1.82) is 0 Å². The van der Waals surface area contributed by atoms with Gasteiger partial charge in [0.15, 0.2) is 6.61 Å². The molecule has 0 N–H and O–H groups in total. The van der Waals surface area contributed by atoms with Crippen molar-refractivity contribution in [3.8, 4) is 5.75 Å². The van der Waals surface area contributed by atoms with Gasteiger partial charge in [0, 0.05) is 17.6 Å². The Labute approximate surface area is 141 Å². The Balaban J connectivity index is 2.18. The van der Waals surface area contributed by atoms with Crippen molar-refractivity contribution in [1.82, 2.24) is 4.90 Å². The molecule has 2 rings (SSSR count). The quantitative estimate of drug-likeness (QED) is 0.714. The van der Waals surface area contributed by atoms with Crippen molar-refractivity contribution in [2.24, 2.45) is 0 Å². The molecular weight excluding hydrogens is 398 g/mol. The van der Waals surface area contributed by atoms with Crippen LogP contribution in [0.3, 0.4) is 0 Å². The van der Waals surface area contributed by atoms with Crippen molar-refractivity contribution in [2.45, 2.75) is 13.8 Å². The van der Waals surface area contributed by atoms with Crippen molar-refractivity contribution in [3.63, 3.8) is 0 Å². The Morgan fingerprint density at radius 3 is 2.52 bits per heavy atom. The second-order valence-electron chi connectivity index (χ2n) is 4.60. The molecule has 5 heteroatoms. The van der Waals surface area contributed by atoms with Crippen molar-refractivity contribution in [2.75, 3.05) is 19.7 Å². The van der Waals surface area contributed by atoms with E-state index in [1.54, 1.807) is 4.90 Å². The van der Waals surface area contributed by atoms with Gasteiger partial charge >= 0.3 is 0 Å². The molecule has 0 aliphatic heterocycles. The topological polar surface area (TPSA) is 29.5 Å². The highest BCUT2D eigenvalue weighted by atomic mass is 79.9. The van der Waals surface area contributed by atoms with E-state index in [1.807, 2.05) is 44.2 Å². The van der Waals surface area contributed by atoms with Gasteiger partial charge in [0.05, 0.1) is 4.47 Å². The average molecular weight is 415 g/mol. The number of likely N-dealkylation sites (N-methyl/N-ethyl adjacent to an activating group) is 1. The summed E-state index contributed by atoms with van der Waals surface area (Å²) in [5.74, 6) is 0.688. The van der Waals surface area contributed by atoms with Crippen LogP contribution in [0.2, 0.25) is 0 Å². The number of halogens is 2. The van der Waals surface area contributed by atoms with Crippen LogP contribution in [-0.2, 0) is 4.79 Å². The first kappa shape index (κ1) is 16.3. The second-order valence-corrected chi connectivity index (χ2v) is 6.31. The lowest BCUT2D eigenvalue weighted by atomic mass is 10.1. The lowest BCUT2D eigenvalue weighted by Crippen LogP contribution is -2.34. The minimum absolute atomic E-state index is 0.00260. The van der Waals surface area contributed by atoms with Gasteiger partial charge in [-0.15, -0.1) is 0 Å². The van der Waals surface area contributed by atoms with E-state index in [9.17, 15) is 4.79 Å². The van der Waals surface area contributed by atoms with Gasteiger partial charge in [-0.2, -0.15) is 0 Å². The van der Waals surface area contributed by atoms with E-state index in [2.05, 4.69) is 31.9 Å². The molecule has 0 saturated heterocycles. The van der Waals surface area contributed by atoms with Crippen molar-refractivity contribution >= 4 is 48.5 Å². The lowest BCUT2D eigenvalue weighted by Gasteiger charge is -2.19. The van der Waals surface area contributed by atoms with Gasteiger partial charge < -0.3 is 9.64 Å². The van der Waals surface area contributed by atoms with Gasteiger partial charge in [-0.3, -0.25) is 4.79 Å². The molecule has 0 radical (unpaired) electrons. The summed E-state index contributed by atoms with van der Waals surface area (Å²) in [6.45, 7) is 5.38. The Morgan fingerprint density at radius 1 is 1.14 bits per heavy atom. The first-order valence-corrected chi connectivity index (χ1v) is 8.43. The Bertz CT molecular complexity index is 654. The molecule has 0 unspecified atom stereocenters. The molecule has 0 saturated carbocycles. The third kappa shape index (κ3) is 3.77. The fourth-order valence-electron chi connectivity index (χ4n) is 2.16. The molecule has 0 aliphatic rings. The molecular formula is C16H17Br2NO2. The van der Waals surface area contributed by atoms with E-state index in [0.29, 0.717) is 18.8 Å². The molecule has 112 valence electrons. The molecule has 21 heavy (non-hydrogen) atoms. The maximum Gasteiger partial charge on any atom is 0.260 e. The maximum absolute atomic E-state index is 12.0. The SMILES string of the molecule is CCN(CC)C(=O)COc1ccc2cc(Br)ccc2c1Br. The summed E-state index contributed by atoms with van der Waals surface area (Å²) in [6, 6.07) is 9.92. The van der Waals surface area contributed by atoms with Crippen LogP contribution in [0.1, 0.15) is 13.8 Å². The van der Waals surface area contributed by atoms with Crippen LogP contribution in [0.5, 0.6) is 5.75 Å². The molecule has 3 nitrogen and oxygen atoms in total. The predicted molar refractivity (Wildman–Crippen MR) is 92.8 cm³/mol. The average Bonchev–Trinajstić information content (AvgIpc) is 2.47. The van der Waals surface area contributed by atoms with E-state index in [0.717, 1.165) is 19.7 Å². The summed E-state index contributed by atoms with van der Waals surface area (Å²) < 4.78 is 7.58. The van der Waals surface area contributed by atoms with Crippen LogP contribution in [0.15, 0.2) is 39.3 Å². The first-order valence-electron chi connectivity index (χ1n) is 6.85. The number of ether oxygens (including phenoxy) is 1. The molecule has 0 aliphatic carbocycles. The Kier molecular flexibility index (Phi) is 5.65. The molecule has 2 aromatic carbocycles. The zero-order valence-corrected chi connectivity index (χ0v) is 15.2. The molecule has 0 aromatic heterocycles. The Morgan fingerprint density at radius 2 is 1.86 bits per heavy atom. The second kappa shape index (κ2) is 7.27. The summed E-state index contributed by atoms with van der Waals surface area (Å²) in [7, 11) is 0. The van der Waals surface area contributed by atoms with Gasteiger partial charge in [-0.1, -0.05) is 28.1 Å². The number of amides is 1. The van der Waals surface area contributed by atoms with Crippen LogP contribution >= 0.6 is 31.9 Å². The molecule has 0 fully saturated rings. The monoisotopic (exact) mass is 413 g/mol. The number of nitrogens with zero attached hydrogens (tertiary/aromatic N) is 1. The minimum atomic E-state index is 0.00260. The highest BCUT2D eigenvalue weighted by molar-refractivity contribution is 9.11. The number of benzene rings is 2. The standard InChI is InChI=1S/C16H17Br2NO2/c1-3-19(4-2)15(20)10-21-14-8-5-11-9-12(17)6-7-13(11)16(14)18/h5-9H,3-4,10H2,1-2H3. The number of rotatable bonds is 5. The predicted octanol–water partition coefficient (Wildman–Crippen LogP) is 4.61. The van der Waals surface area contributed by atoms with Crippen LogP contribution in [0.25, 0.3) is 10.8 Å². The number of carbonyl (C=O) groups is 1. The molecule has 0 heterocycles. The van der Waals surface area contributed by atoms with Crippen molar-refractivity contribution in [3.05, 3.63) is 39.3 Å². The van der Waals surface area contributed by atoms with E-state index in [-0.39, 0.29) is 12.5 Å². The third-order valence-electron chi connectivity index (χ3n) is 3.35. The molecule has 1 amide bonds. The molecule has 0 bridgehead atoms. The van der Waals surface area contributed by atoms with E-state index >= 15 is 0 Å². The van der Waals surface area contributed by atoms with Crippen LogP contribution in [0, 0.1) is 0 Å². The fourth-order valence-corrected chi connectivity index (χ4v) is 3.15. The first-order chi connectivity index (χ1) is 10.1. The lowest BCUT2D eigenvalue weighted by molar-refractivity contribution is -0.132. The highest BCUT2D eigenvalue weighted by Crippen LogP contribution is 2.34. The van der Waals surface area contributed by atoms with Crippen molar-refractivity contribution < 1.29 is 9.53 Å². The van der Waals surface area contributed by atoms with Crippen LogP contribution < -0.4 is 4.74 Å². The summed E-state index contributed by atoms with van der Waals surface area (Å²) in [4.78, 5) is 13.7. The van der Waals surface area contributed by atoms with Gasteiger partial charge in [0.1, 0.15) is 5.75 Å². The number of fused-ring (bicyclic) bond motifs is 1. The largest absolute Gasteiger partial charge is 0.483 e. The zero-order chi connectivity index (χ0) is 15.4. The smallest absolute Gasteiger partial charge is 0.260 e. The van der Waals surface area contributed by atoms with E-state index in [1.165, 1.54) is 0 Å². The summed E-state index contributed by atoms with van der Waals surface area (Å²) in [6.07, 6.45) is 0.